The van der Waals surface area contributed by atoms with Crippen LogP contribution in [0.25, 0.3) is 28.3 Å². The van der Waals surface area contributed by atoms with Crippen LogP contribution in [0.3, 0.4) is 0 Å². The monoisotopic (exact) mass is 400 g/mol. The van der Waals surface area contributed by atoms with E-state index in [1.54, 1.807) is 6.07 Å². The number of allylic oxidation sites excluding steroid dienone is 2. The van der Waals surface area contributed by atoms with E-state index in [9.17, 15) is 9.50 Å². The molecule has 0 heterocycles. The highest BCUT2D eigenvalue weighted by atomic mass is 19.1. The van der Waals surface area contributed by atoms with Crippen LogP contribution >= 0.6 is 0 Å². The van der Waals surface area contributed by atoms with Gasteiger partial charge in [-0.1, -0.05) is 78.9 Å². The molecule has 0 saturated heterocycles. The molecule has 3 aromatic rings. The van der Waals surface area contributed by atoms with Crippen LogP contribution in [0.1, 0.15) is 37.3 Å². The van der Waals surface area contributed by atoms with Crippen LogP contribution in [0.2, 0.25) is 0 Å². The van der Waals surface area contributed by atoms with E-state index in [0.717, 1.165) is 47.9 Å². The first-order valence-electron chi connectivity index (χ1n) is 10.5. The molecule has 30 heavy (non-hydrogen) atoms. The second kappa shape index (κ2) is 10.7. The highest BCUT2D eigenvalue weighted by Crippen LogP contribution is 2.28. The minimum atomic E-state index is -0.240. The van der Waals surface area contributed by atoms with Crippen molar-refractivity contribution in [2.45, 2.75) is 38.7 Å². The number of hydrogen-bond donors (Lipinski definition) is 1. The van der Waals surface area contributed by atoms with E-state index in [4.69, 9.17) is 0 Å². The average Bonchev–Trinajstić information content (AvgIpc) is 2.75. The molecule has 0 fully saturated rings. The predicted molar refractivity (Wildman–Crippen MR) is 126 cm³/mol. The zero-order valence-corrected chi connectivity index (χ0v) is 17.5. The summed E-state index contributed by atoms with van der Waals surface area (Å²) in [5.74, 6) is -0.218. The van der Waals surface area contributed by atoms with Crippen LogP contribution in [-0.4, -0.2) is 11.2 Å². The Labute approximate surface area is 179 Å². The van der Waals surface area contributed by atoms with Crippen LogP contribution in [0.5, 0.6) is 0 Å². The second-order valence-electron chi connectivity index (χ2n) is 7.69. The fourth-order valence-corrected chi connectivity index (χ4v) is 3.45. The molecule has 0 spiro atoms. The number of halogens is 1. The molecule has 0 radical (unpaired) electrons. The minimum absolute atomic E-state index is 0.218. The van der Waals surface area contributed by atoms with E-state index >= 15 is 0 Å². The van der Waals surface area contributed by atoms with Crippen molar-refractivity contribution in [3.05, 3.63) is 102 Å². The van der Waals surface area contributed by atoms with Crippen LogP contribution < -0.4 is 0 Å². The maximum Gasteiger partial charge on any atom is 0.131 e. The zero-order valence-electron chi connectivity index (χ0n) is 17.5. The van der Waals surface area contributed by atoms with Crippen LogP contribution in [0.15, 0.2) is 85.5 Å². The molecule has 3 rings (SSSR count). The van der Waals surface area contributed by atoms with Gasteiger partial charge in [-0.15, -0.1) is 6.58 Å². The summed E-state index contributed by atoms with van der Waals surface area (Å²) >= 11 is 0. The van der Waals surface area contributed by atoms with E-state index in [1.807, 2.05) is 61.5 Å². The first-order valence-corrected chi connectivity index (χ1v) is 10.5. The lowest BCUT2D eigenvalue weighted by Crippen LogP contribution is -1.97. The van der Waals surface area contributed by atoms with E-state index in [-0.39, 0.29) is 11.9 Å². The van der Waals surface area contributed by atoms with Crippen molar-refractivity contribution in [3.63, 3.8) is 0 Å². The Morgan fingerprint density at radius 1 is 0.933 bits per heavy atom. The summed E-state index contributed by atoms with van der Waals surface area (Å²) in [6.07, 6.45) is 9.39. The van der Waals surface area contributed by atoms with E-state index in [0.29, 0.717) is 5.56 Å². The summed E-state index contributed by atoms with van der Waals surface area (Å²) in [5.41, 5.74) is 5.64. The Morgan fingerprint density at radius 3 is 2.23 bits per heavy atom. The Bertz CT molecular complexity index is 982. The highest BCUT2D eigenvalue weighted by molar-refractivity contribution is 5.72. The van der Waals surface area contributed by atoms with Gasteiger partial charge in [0.25, 0.3) is 0 Å². The molecule has 1 nitrogen and oxygen atoms in total. The fraction of sp³-hybridized carbons (Fsp3) is 0.214. The average molecular weight is 401 g/mol. The van der Waals surface area contributed by atoms with E-state index in [1.165, 1.54) is 5.56 Å². The summed E-state index contributed by atoms with van der Waals surface area (Å²) in [6, 6.07) is 21.5. The van der Waals surface area contributed by atoms with Gasteiger partial charge < -0.3 is 5.11 Å². The number of aliphatic hydroxyl groups excluding tert-OH is 1. The molecule has 0 aromatic heterocycles. The molecule has 0 saturated carbocycles. The van der Waals surface area contributed by atoms with Crippen LogP contribution in [-0.2, 0) is 6.42 Å². The number of aliphatic hydroxyl groups is 1. The summed E-state index contributed by atoms with van der Waals surface area (Å²) in [4.78, 5) is 0. The molecule has 0 aliphatic carbocycles. The summed E-state index contributed by atoms with van der Waals surface area (Å²) < 4.78 is 14.8. The van der Waals surface area contributed by atoms with Crippen molar-refractivity contribution in [3.8, 4) is 22.3 Å². The largest absolute Gasteiger partial charge is 0.393 e. The van der Waals surface area contributed by atoms with Crippen molar-refractivity contribution in [1.82, 2.24) is 0 Å². The third kappa shape index (κ3) is 6.01. The zero-order chi connectivity index (χ0) is 21.3. The van der Waals surface area contributed by atoms with Gasteiger partial charge >= 0.3 is 0 Å². The van der Waals surface area contributed by atoms with Crippen molar-refractivity contribution in [2.24, 2.45) is 0 Å². The molecule has 1 N–H and O–H groups in total. The molecule has 1 unspecified atom stereocenters. The highest BCUT2D eigenvalue weighted by Gasteiger charge is 2.07. The smallest absolute Gasteiger partial charge is 0.131 e. The standard InChI is InChI=1S/C28H29FO/c1-3-7-22-10-14-24(15-11-22)26-18-19-27(28(29)20-26)25-16-12-23(13-17-25)9-6-4-5-8-21(2)30/h3,6,9-21,30H,1,4-5,7-8H2,2H3. The summed E-state index contributed by atoms with van der Waals surface area (Å²) in [7, 11) is 0. The maximum atomic E-state index is 14.8. The Morgan fingerprint density at radius 2 is 1.60 bits per heavy atom. The van der Waals surface area contributed by atoms with Gasteiger partial charge in [-0.3, -0.25) is 0 Å². The molecule has 2 heteroatoms. The molecule has 0 amide bonds. The Hall–Kier alpha value is -2.97. The van der Waals surface area contributed by atoms with Crippen molar-refractivity contribution in [2.75, 3.05) is 0 Å². The second-order valence-corrected chi connectivity index (χ2v) is 7.69. The third-order valence-electron chi connectivity index (χ3n) is 5.16. The lowest BCUT2D eigenvalue weighted by atomic mass is 9.98. The SMILES string of the molecule is C=CCc1ccc(-c2ccc(-c3ccc(C=CCCCC(C)O)cc3)c(F)c2)cc1. The van der Waals surface area contributed by atoms with E-state index < -0.39 is 0 Å². The van der Waals surface area contributed by atoms with Gasteiger partial charge in [0.1, 0.15) is 5.82 Å². The number of benzene rings is 3. The predicted octanol–water partition coefficient (Wildman–Crippen LogP) is 7.45. The van der Waals surface area contributed by atoms with Crippen molar-refractivity contribution >= 4 is 6.08 Å². The lowest BCUT2D eigenvalue weighted by Gasteiger charge is -2.08. The van der Waals surface area contributed by atoms with Gasteiger partial charge in [0.2, 0.25) is 0 Å². The molecule has 3 aromatic carbocycles. The molecular formula is C28H29FO. The Balaban J connectivity index is 1.69. The lowest BCUT2D eigenvalue weighted by molar-refractivity contribution is 0.182. The minimum Gasteiger partial charge on any atom is -0.393 e. The van der Waals surface area contributed by atoms with Crippen LogP contribution in [0, 0.1) is 5.82 Å². The number of hydrogen-bond acceptors (Lipinski definition) is 1. The van der Waals surface area contributed by atoms with E-state index in [2.05, 4.69) is 30.9 Å². The molecule has 0 aliphatic rings. The van der Waals surface area contributed by atoms with Gasteiger partial charge in [-0.25, -0.2) is 4.39 Å². The van der Waals surface area contributed by atoms with Gasteiger partial charge in [-0.05, 0) is 66.5 Å². The molecular weight excluding hydrogens is 371 g/mol. The van der Waals surface area contributed by atoms with Crippen molar-refractivity contribution in [1.29, 1.82) is 0 Å². The summed E-state index contributed by atoms with van der Waals surface area (Å²) in [5, 5.41) is 9.28. The van der Waals surface area contributed by atoms with Gasteiger partial charge in [0.05, 0.1) is 6.10 Å². The third-order valence-corrected chi connectivity index (χ3v) is 5.16. The molecule has 1 atom stereocenters. The number of unbranched alkanes of at least 4 members (excludes halogenated alkanes) is 1. The summed E-state index contributed by atoms with van der Waals surface area (Å²) in [6.45, 7) is 5.57. The van der Waals surface area contributed by atoms with Gasteiger partial charge in [0, 0.05) is 5.56 Å². The normalized spacial score (nSPS) is 12.2. The van der Waals surface area contributed by atoms with Crippen molar-refractivity contribution < 1.29 is 9.50 Å². The first kappa shape index (κ1) is 21.7. The molecule has 0 aliphatic heterocycles. The Kier molecular flexibility index (Phi) is 7.75. The quantitative estimate of drug-likeness (QED) is 0.292. The fourth-order valence-electron chi connectivity index (χ4n) is 3.45. The number of rotatable bonds is 9. The molecule has 154 valence electrons. The van der Waals surface area contributed by atoms with Gasteiger partial charge in [-0.2, -0.15) is 0 Å². The van der Waals surface area contributed by atoms with Gasteiger partial charge in [0.15, 0.2) is 0 Å². The maximum absolute atomic E-state index is 14.8. The first-order chi connectivity index (χ1) is 14.6. The topological polar surface area (TPSA) is 20.2 Å². The van der Waals surface area contributed by atoms with Crippen LogP contribution in [0.4, 0.5) is 4.39 Å². The molecule has 0 bridgehead atoms.